The van der Waals surface area contributed by atoms with Crippen LogP contribution in [0.2, 0.25) is 0 Å². The first-order valence-corrected chi connectivity index (χ1v) is 5.59. The number of hydrogen-bond acceptors (Lipinski definition) is 5. The van der Waals surface area contributed by atoms with Crippen LogP contribution in [0.4, 0.5) is 0 Å². The van der Waals surface area contributed by atoms with Gasteiger partial charge in [0.25, 0.3) is 0 Å². The minimum absolute atomic E-state index is 0.185. The predicted octanol–water partition coefficient (Wildman–Crippen LogP) is 1.44. The SMILES string of the molecule is CNC(Cc1nccs1)c1cnccn1. The third kappa shape index (κ3) is 2.57. The summed E-state index contributed by atoms with van der Waals surface area (Å²) in [6, 6.07) is 0.185. The quantitative estimate of drug-likeness (QED) is 0.847. The molecule has 0 aliphatic rings. The topological polar surface area (TPSA) is 50.7 Å². The molecule has 0 aromatic carbocycles. The zero-order valence-electron chi connectivity index (χ0n) is 8.42. The van der Waals surface area contributed by atoms with Crippen molar-refractivity contribution in [3.63, 3.8) is 0 Å². The fourth-order valence-electron chi connectivity index (χ4n) is 1.37. The number of thiazole rings is 1. The Bertz CT molecular complexity index is 387. The number of likely N-dealkylation sites (N-methyl/N-ethyl adjacent to an activating group) is 1. The van der Waals surface area contributed by atoms with Crippen LogP contribution in [0, 0.1) is 0 Å². The van der Waals surface area contributed by atoms with Crippen molar-refractivity contribution in [3.8, 4) is 0 Å². The molecule has 4 nitrogen and oxygen atoms in total. The second-order valence-electron chi connectivity index (χ2n) is 3.10. The molecule has 0 saturated heterocycles. The largest absolute Gasteiger partial charge is 0.311 e. The highest BCUT2D eigenvalue weighted by Gasteiger charge is 2.12. The van der Waals surface area contributed by atoms with E-state index in [1.807, 2.05) is 18.6 Å². The highest BCUT2D eigenvalue weighted by molar-refractivity contribution is 7.09. The van der Waals surface area contributed by atoms with Crippen molar-refractivity contribution in [3.05, 3.63) is 40.9 Å². The van der Waals surface area contributed by atoms with Gasteiger partial charge in [0.1, 0.15) is 0 Å². The molecule has 2 heterocycles. The number of nitrogens with zero attached hydrogens (tertiary/aromatic N) is 3. The van der Waals surface area contributed by atoms with Crippen molar-refractivity contribution in [2.24, 2.45) is 0 Å². The van der Waals surface area contributed by atoms with Gasteiger partial charge in [0.2, 0.25) is 0 Å². The molecule has 0 spiro atoms. The van der Waals surface area contributed by atoms with Crippen LogP contribution in [-0.4, -0.2) is 22.0 Å². The molecule has 2 aromatic rings. The summed E-state index contributed by atoms with van der Waals surface area (Å²) in [7, 11) is 1.92. The Morgan fingerprint density at radius 3 is 2.87 bits per heavy atom. The second kappa shape index (κ2) is 4.95. The summed E-state index contributed by atoms with van der Waals surface area (Å²) in [5.41, 5.74) is 0.954. The molecule has 0 aliphatic carbocycles. The number of rotatable bonds is 4. The summed E-state index contributed by atoms with van der Waals surface area (Å²) in [5, 5.41) is 6.32. The monoisotopic (exact) mass is 220 g/mol. The molecule has 1 unspecified atom stereocenters. The van der Waals surface area contributed by atoms with E-state index in [0.717, 1.165) is 17.1 Å². The van der Waals surface area contributed by atoms with E-state index in [2.05, 4.69) is 20.3 Å². The first kappa shape index (κ1) is 10.2. The Labute approximate surface area is 92.4 Å². The molecule has 2 aromatic heterocycles. The van der Waals surface area contributed by atoms with Crippen LogP contribution >= 0.6 is 11.3 Å². The lowest BCUT2D eigenvalue weighted by molar-refractivity contribution is 0.572. The second-order valence-corrected chi connectivity index (χ2v) is 4.08. The van der Waals surface area contributed by atoms with E-state index in [0.29, 0.717) is 0 Å². The smallest absolute Gasteiger partial charge is 0.0944 e. The molecule has 0 saturated carbocycles. The van der Waals surface area contributed by atoms with Crippen molar-refractivity contribution in [2.75, 3.05) is 7.05 Å². The normalized spacial score (nSPS) is 12.6. The maximum Gasteiger partial charge on any atom is 0.0944 e. The van der Waals surface area contributed by atoms with Gasteiger partial charge in [-0.3, -0.25) is 9.97 Å². The van der Waals surface area contributed by atoms with Crippen molar-refractivity contribution in [1.82, 2.24) is 20.3 Å². The molecule has 0 aliphatic heterocycles. The Morgan fingerprint density at radius 1 is 1.33 bits per heavy atom. The van der Waals surface area contributed by atoms with Gasteiger partial charge in [-0.15, -0.1) is 11.3 Å². The maximum atomic E-state index is 4.28. The van der Waals surface area contributed by atoms with Crippen molar-refractivity contribution >= 4 is 11.3 Å². The summed E-state index contributed by atoms with van der Waals surface area (Å²) < 4.78 is 0. The van der Waals surface area contributed by atoms with E-state index in [1.165, 1.54) is 0 Å². The van der Waals surface area contributed by atoms with Gasteiger partial charge in [0, 0.05) is 36.6 Å². The van der Waals surface area contributed by atoms with Gasteiger partial charge in [-0.05, 0) is 7.05 Å². The lowest BCUT2D eigenvalue weighted by Gasteiger charge is -2.13. The van der Waals surface area contributed by atoms with Crippen molar-refractivity contribution in [1.29, 1.82) is 0 Å². The highest BCUT2D eigenvalue weighted by Crippen LogP contribution is 2.16. The molecule has 0 fully saturated rings. The van der Waals surface area contributed by atoms with E-state index in [1.54, 1.807) is 29.9 Å². The fraction of sp³-hybridized carbons (Fsp3) is 0.300. The van der Waals surface area contributed by atoms with Crippen LogP contribution in [-0.2, 0) is 6.42 Å². The summed E-state index contributed by atoms with van der Waals surface area (Å²) in [6.07, 6.45) is 7.85. The zero-order valence-corrected chi connectivity index (χ0v) is 9.24. The molecule has 0 bridgehead atoms. The lowest BCUT2D eigenvalue weighted by Crippen LogP contribution is -2.20. The van der Waals surface area contributed by atoms with Gasteiger partial charge in [-0.25, -0.2) is 4.98 Å². The molecule has 1 N–H and O–H groups in total. The Hall–Kier alpha value is -1.33. The molecule has 0 amide bonds. The van der Waals surface area contributed by atoms with E-state index in [9.17, 15) is 0 Å². The van der Waals surface area contributed by atoms with E-state index < -0.39 is 0 Å². The van der Waals surface area contributed by atoms with Gasteiger partial charge in [0.15, 0.2) is 0 Å². The first-order chi connectivity index (χ1) is 7.40. The van der Waals surface area contributed by atoms with Crippen molar-refractivity contribution < 1.29 is 0 Å². The molecule has 5 heteroatoms. The van der Waals surface area contributed by atoms with Crippen LogP contribution in [0.1, 0.15) is 16.7 Å². The van der Waals surface area contributed by atoms with E-state index in [-0.39, 0.29) is 6.04 Å². The van der Waals surface area contributed by atoms with Gasteiger partial charge in [-0.1, -0.05) is 0 Å². The molecule has 15 heavy (non-hydrogen) atoms. The number of hydrogen-bond donors (Lipinski definition) is 1. The third-order valence-corrected chi connectivity index (χ3v) is 2.95. The van der Waals surface area contributed by atoms with Crippen LogP contribution in [0.5, 0.6) is 0 Å². The van der Waals surface area contributed by atoms with E-state index >= 15 is 0 Å². The third-order valence-electron chi connectivity index (χ3n) is 2.15. The summed E-state index contributed by atoms with van der Waals surface area (Å²) in [4.78, 5) is 12.6. The minimum Gasteiger partial charge on any atom is -0.311 e. The molecular formula is C10H12N4S. The fourth-order valence-corrected chi connectivity index (χ4v) is 2.04. The predicted molar refractivity (Wildman–Crippen MR) is 59.7 cm³/mol. The average Bonchev–Trinajstić information content (AvgIpc) is 2.80. The Balaban J connectivity index is 2.12. The molecule has 78 valence electrons. The Morgan fingerprint density at radius 2 is 2.27 bits per heavy atom. The molecule has 1 atom stereocenters. The molecular weight excluding hydrogens is 208 g/mol. The Kier molecular flexibility index (Phi) is 3.37. The van der Waals surface area contributed by atoms with Crippen LogP contribution in [0.15, 0.2) is 30.2 Å². The maximum absolute atomic E-state index is 4.28. The number of aromatic nitrogens is 3. The van der Waals surface area contributed by atoms with Gasteiger partial charge in [-0.2, -0.15) is 0 Å². The highest BCUT2D eigenvalue weighted by atomic mass is 32.1. The summed E-state index contributed by atoms with van der Waals surface area (Å²) >= 11 is 1.66. The lowest BCUT2D eigenvalue weighted by atomic mass is 10.1. The molecule has 2 rings (SSSR count). The molecule has 0 radical (unpaired) electrons. The van der Waals surface area contributed by atoms with Gasteiger partial charge >= 0.3 is 0 Å². The van der Waals surface area contributed by atoms with E-state index in [4.69, 9.17) is 0 Å². The van der Waals surface area contributed by atoms with Crippen molar-refractivity contribution in [2.45, 2.75) is 12.5 Å². The van der Waals surface area contributed by atoms with Crippen LogP contribution < -0.4 is 5.32 Å². The van der Waals surface area contributed by atoms with Crippen LogP contribution in [0.25, 0.3) is 0 Å². The standard InChI is InChI=1S/C10H12N4S/c1-11-8(6-10-14-4-5-15-10)9-7-12-2-3-13-9/h2-5,7-8,11H,6H2,1H3. The zero-order chi connectivity index (χ0) is 10.5. The minimum atomic E-state index is 0.185. The first-order valence-electron chi connectivity index (χ1n) is 4.71. The number of nitrogens with one attached hydrogen (secondary N) is 1. The summed E-state index contributed by atoms with van der Waals surface area (Å²) in [6.45, 7) is 0. The van der Waals surface area contributed by atoms with Crippen LogP contribution in [0.3, 0.4) is 0 Å². The average molecular weight is 220 g/mol. The van der Waals surface area contributed by atoms with Gasteiger partial charge in [0.05, 0.1) is 16.7 Å². The summed E-state index contributed by atoms with van der Waals surface area (Å²) in [5.74, 6) is 0. The van der Waals surface area contributed by atoms with Gasteiger partial charge < -0.3 is 5.32 Å².